The Balaban J connectivity index is 0. The average molecular weight is 259 g/mol. The Morgan fingerprint density at radius 1 is 1.00 bits per heavy atom. The minimum absolute atomic E-state index is 0. The van der Waals surface area contributed by atoms with Crippen LogP contribution >= 0.6 is 0 Å². The van der Waals surface area contributed by atoms with Crippen molar-refractivity contribution in [1.29, 1.82) is 0 Å². The quantitative estimate of drug-likeness (QED) is 0.494. The van der Waals surface area contributed by atoms with Gasteiger partial charge >= 0.3 is 45.5 Å². The summed E-state index contributed by atoms with van der Waals surface area (Å²) in [6, 6.07) is 0. The van der Waals surface area contributed by atoms with Crippen LogP contribution in [-0.2, 0) is 50.9 Å². The fraction of sp³-hybridized carbons (Fsp3) is 0. The zero-order valence-corrected chi connectivity index (χ0v) is 4.39. The van der Waals surface area contributed by atoms with E-state index in [9.17, 15) is 0 Å². The van der Waals surface area contributed by atoms with Crippen LogP contribution in [0.2, 0.25) is 0 Å². The van der Waals surface area contributed by atoms with Crippen LogP contribution in [-0.4, -0.2) is 45.5 Å². The van der Waals surface area contributed by atoms with Crippen LogP contribution < -0.4 is 0 Å². The fourth-order valence-corrected chi connectivity index (χ4v) is 0. The Morgan fingerprint density at radius 2 is 1.00 bits per heavy atom. The standard InChI is InChI=1S/Co.Fe.Mn.Sr.2H. The van der Waals surface area contributed by atoms with Gasteiger partial charge in [-0.1, -0.05) is 0 Å². The maximum atomic E-state index is 0. The second-order valence-corrected chi connectivity index (χ2v) is 0. The molecule has 0 unspecified atom stereocenters. The summed E-state index contributed by atoms with van der Waals surface area (Å²) >= 11 is 0. The fourth-order valence-electron chi connectivity index (χ4n) is 0. The van der Waals surface area contributed by atoms with E-state index in [1.54, 1.807) is 0 Å². The molecule has 0 rings (SSSR count). The second kappa shape index (κ2) is 16.6. The first-order chi connectivity index (χ1) is 0. The summed E-state index contributed by atoms with van der Waals surface area (Å²) in [5, 5.41) is 0. The predicted molar refractivity (Wildman–Crippen MR) is 8.54 cm³/mol. The molecule has 0 spiro atoms. The van der Waals surface area contributed by atoms with E-state index in [1.807, 2.05) is 0 Å². The molecule has 4 heavy (non-hydrogen) atoms. The van der Waals surface area contributed by atoms with Crippen molar-refractivity contribution in [1.82, 2.24) is 0 Å². The SMILES string of the molecule is [Co].[Fe].[Mn].[SrH2]. The zero-order valence-electron chi connectivity index (χ0n) is 1.06. The van der Waals surface area contributed by atoms with E-state index >= 15 is 0 Å². The van der Waals surface area contributed by atoms with Crippen molar-refractivity contribution in [3.63, 3.8) is 0 Å². The molecule has 28 valence electrons. The summed E-state index contributed by atoms with van der Waals surface area (Å²) in [7, 11) is 0. The first kappa shape index (κ1) is 27.9. The topological polar surface area (TPSA) is 0 Å². The van der Waals surface area contributed by atoms with Gasteiger partial charge in [0.2, 0.25) is 0 Å². The first-order valence-corrected chi connectivity index (χ1v) is 0. The summed E-state index contributed by atoms with van der Waals surface area (Å²) < 4.78 is 0. The molecule has 0 aromatic carbocycles. The average Bonchev–Trinajstić information content (AvgIpc) is 0. The van der Waals surface area contributed by atoms with Gasteiger partial charge in [0.15, 0.2) is 0 Å². The first-order valence-electron chi connectivity index (χ1n) is 0. The van der Waals surface area contributed by atoms with E-state index in [-0.39, 0.29) is 96.4 Å². The summed E-state index contributed by atoms with van der Waals surface area (Å²) in [4.78, 5) is 0. The zero-order chi connectivity index (χ0) is 0. The molecule has 0 atom stereocenters. The molecule has 0 nitrogen and oxygen atoms in total. The van der Waals surface area contributed by atoms with Gasteiger partial charge in [-0.05, 0) is 0 Å². The van der Waals surface area contributed by atoms with E-state index in [4.69, 9.17) is 0 Å². The third kappa shape index (κ3) is 8.90. The van der Waals surface area contributed by atoms with Crippen molar-refractivity contribution in [3.8, 4) is 0 Å². The van der Waals surface area contributed by atoms with Crippen molar-refractivity contribution >= 4 is 45.5 Å². The van der Waals surface area contributed by atoms with Crippen molar-refractivity contribution in [2.75, 3.05) is 0 Å². The van der Waals surface area contributed by atoms with Crippen molar-refractivity contribution in [2.24, 2.45) is 0 Å². The van der Waals surface area contributed by atoms with Gasteiger partial charge in [-0.2, -0.15) is 0 Å². The number of rotatable bonds is 0. The van der Waals surface area contributed by atoms with E-state index in [0.717, 1.165) is 0 Å². The van der Waals surface area contributed by atoms with E-state index in [1.165, 1.54) is 0 Å². The Hall–Kier alpha value is 3.03. The monoisotopic (exact) mass is 260 g/mol. The third-order valence-electron chi connectivity index (χ3n) is 0. The second-order valence-electron chi connectivity index (χ2n) is 0. The Kier molecular flexibility index (Phi) is 116. The Morgan fingerprint density at radius 3 is 1.00 bits per heavy atom. The number of hydrogen-bond donors (Lipinski definition) is 0. The molecule has 4 heteroatoms. The summed E-state index contributed by atoms with van der Waals surface area (Å²) in [6.45, 7) is 0. The molecular weight excluding hydrogens is 257 g/mol. The van der Waals surface area contributed by atoms with Crippen LogP contribution in [0, 0.1) is 0 Å². The predicted octanol–water partition coefficient (Wildman–Crippen LogP) is -0.924. The van der Waals surface area contributed by atoms with Crippen LogP contribution in [0.25, 0.3) is 0 Å². The molecule has 2 radical (unpaired) electrons. The van der Waals surface area contributed by atoms with Crippen LogP contribution in [0.1, 0.15) is 0 Å². The van der Waals surface area contributed by atoms with E-state index < -0.39 is 0 Å². The molecule has 0 amide bonds. The van der Waals surface area contributed by atoms with Gasteiger partial charge in [0, 0.05) is 50.9 Å². The van der Waals surface area contributed by atoms with Crippen molar-refractivity contribution in [3.05, 3.63) is 0 Å². The molecule has 0 aliphatic carbocycles. The Labute approximate surface area is 94.3 Å². The molecule has 0 saturated carbocycles. The van der Waals surface area contributed by atoms with Crippen molar-refractivity contribution in [2.45, 2.75) is 0 Å². The van der Waals surface area contributed by atoms with Gasteiger partial charge in [-0.3, -0.25) is 0 Å². The van der Waals surface area contributed by atoms with Gasteiger partial charge < -0.3 is 0 Å². The molecule has 0 fully saturated rings. The van der Waals surface area contributed by atoms with Crippen LogP contribution in [0.4, 0.5) is 0 Å². The van der Waals surface area contributed by atoms with Crippen LogP contribution in [0.5, 0.6) is 0 Å². The van der Waals surface area contributed by atoms with Gasteiger partial charge in [-0.15, -0.1) is 0 Å². The molecule has 0 aromatic heterocycles. The van der Waals surface area contributed by atoms with Gasteiger partial charge in [-0.25, -0.2) is 0 Å². The van der Waals surface area contributed by atoms with E-state index in [0.29, 0.717) is 0 Å². The van der Waals surface area contributed by atoms with Crippen LogP contribution in [0.15, 0.2) is 0 Å². The maximum absolute atomic E-state index is 0. The third-order valence-corrected chi connectivity index (χ3v) is 0. The van der Waals surface area contributed by atoms with Gasteiger partial charge in [0.1, 0.15) is 0 Å². The van der Waals surface area contributed by atoms with Crippen molar-refractivity contribution < 1.29 is 50.9 Å². The summed E-state index contributed by atoms with van der Waals surface area (Å²) in [5.41, 5.74) is 0. The normalized spacial score (nSPS) is 0. The summed E-state index contributed by atoms with van der Waals surface area (Å²) in [6.07, 6.45) is 0. The molecule has 0 aliphatic rings. The van der Waals surface area contributed by atoms with E-state index in [2.05, 4.69) is 0 Å². The Bertz CT molecular complexity index is 8.00. The molecule has 0 heterocycles. The number of hydrogen-bond acceptors (Lipinski definition) is 0. The molecule has 0 N–H and O–H groups in total. The molecule has 0 bridgehead atoms. The molecule has 0 aromatic rings. The molecule has 0 aliphatic heterocycles. The minimum atomic E-state index is 0. The van der Waals surface area contributed by atoms with Crippen LogP contribution in [0.3, 0.4) is 0 Å². The summed E-state index contributed by atoms with van der Waals surface area (Å²) in [5.74, 6) is 0. The molecular formula is H2CoFeMnSr. The van der Waals surface area contributed by atoms with Gasteiger partial charge in [0.05, 0.1) is 0 Å². The van der Waals surface area contributed by atoms with Gasteiger partial charge in [0.25, 0.3) is 0 Å². The molecule has 0 saturated heterocycles.